The van der Waals surface area contributed by atoms with E-state index in [1.165, 1.54) is 56.9 Å². The molecular formula is C31H46O2. The first-order valence-corrected chi connectivity index (χ1v) is 13.2. The molecule has 1 unspecified atom stereocenters. The third-order valence-electron chi connectivity index (χ3n) is 7.28. The first-order chi connectivity index (χ1) is 15.7. The van der Waals surface area contributed by atoms with Crippen molar-refractivity contribution in [3.05, 3.63) is 58.2 Å². The van der Waals surface area contributed by atoms with Crippen molar-refractivity contribution in [3.8, 4) is 0 Å². The molecule has 0 saturated carbocycles. The van der Waals surface area contributed by atoms with Crippen LogP contribution in [0.25, 0.3) is 0 Å². The molecule has 0 fully saturated rings. The Morgan fingerprint density at radius 1 is 0.788 bits per heavy atom. The van der Waals surface area contributed by atoms with Crippen LogP contribution in [-0.4, -0.2) is 11.6 Å². The van der Waals surface area contributed by atoms with Crippen LogP contribution >= 0.6 is 0 Å². The highest BCUT2D eigenvalue weighted by atomic mass is 16.1. The molecule has 0 amide bonds. The minimum atomic E-state index is -0.00526. The molecule has 0 saturated heterocycles. The molecule has 1 aromatic rings. The van der Waals surface area contributed by atoms with Gasteiger partial charge in [0.1, 0.15) is 0 Å². The fraction of sp³-hybridized carbons (Fsp3) is 0.613. The molecule has 1 aromatic carbocycles. The van der Waals surface area contributed by atoms with E-state index in [1.54, 1.807) is 19.1 Å². The van der Waals surface area contributed by atoms with E-state index in [9.17, 15) is 9.59 Å². The number of benzene rings is 1. The largest absolute Gasteiger partial charge is 0.289 e. The van der Waals surface area contributed by atoms with Crippen LogP contribution in [0.2, 0.25) is 0 Å². The van der Waals surface area contributed by atoms with Crippen molar-refractivity contribution in [1.82, 2.24) is 0 Å². The van der Waals surface area contributed by atoms with Gasteiger partial charge in [-0.15, -0.1) is 0 Å². The normalized spacial score (nSPS) is 16.4. The number of Topliss-reactive ketones (excluding diaryl/α,β-unsaturated/α-hetero) is 2. The Morgan fingerprint density at radius 3 is 1.88 bits per heavy atom. The monoisotopic (exact) mass is 450 g/mol. The van der Waals surface area contributed by atoms with E-state index < -0.39 is 0 Å². The molecule has 182 valence electrons. The second kappa shape index (κ2) is 13.7. The number of hydrogen-bond donors (Lipinski definition) is 0. The number of fused-ring (bicyclic) bond motifs is 1. The quantitative estimate of drug-likeness (QED) is 0.265. The molecule has 0 N–H and O–H groups in total. The highest BCUT2D eigenvalue weighted by Gasteiger charge is 2.28. The van der Waals surface area contributed by atoms with Gasteiger partial charge in [-0.2, -0.15) is 0 Å². The summed E-state index contributed by atoms with van der Waals surface area (Å²) in [5.41, 5.74) is 3.68. The van der Waals surface area contributed by atoms with Gasteiger partial charge in [0.25, 0.3) is 0 Å². The van der Waals surface area contributed by atoms with Crippen molar-refractivity contribution in [1.29, 1.82) is 0 Å². The van der Waals surface area contributed by atoms with Gasteiger partial charge in [-0.1, -0.05) is 109 Å². The third kappa shape index (κ3) is 8.72. The van der Waals surface area contributed by atoms with Crippen LogP contribution in [-0.2, 0) is 0 Å². The Kier molecular flexibility index (Phi) is 11.3. The Balaban J connectivity index is 1.71. The number of carbonyl (C=O) groups is 2. The maximum atomic E-state index is 12.9. The molecule has 2 heteroatoms. The van der Waals surface area contributed by atoms with Crippen LogP contribution < -0.4 is 0 Å². The summed E-state index contributed by atoms with van der Waals surface area (Å²) in [6.07, 6.45) is 14.4. The Hall–Kier alpha value is -1.96. The average Bonchev–Trinajstić information content (AvgIpc) is 2.77. The van der Waals surface area contributed by atoms with E-state index in [1.807, 2.05) is 12.1 Å². The molecule has 2 rings (SSSR count). The van der Waals surface area contributed by atoms with Crippen LogP contribution in [0.5, 0.6) is 0 Å². The van der Waals surface area contributed by atoms with Crippen molar-refractivity contribution >= 4 is 11.6 Å². The summed E-state index contributed by atoms with van der Waals surface area (Å²) in [6.45, 7) is 13.4. The van der Waals surface area contributed by atoms with Gasteiger partial charge in [0.15, 0.2) is 11.6 Å². The summed E-state index contributed by atoms with van der Waals surface area (Å²) < 4.78 is 0. The Bertz CT molecular complexity index is 855. The zero-order valence-corrected chi connectivity index (χ0v) is 22.0. The Morgan fingerprint density at radius 2 is 1.30 bits per heavy atom. The van der Waals surface area contributed by atoms with Crippen molar-refractivity contribution in [2.45, 2.75) is 106 Å². The lowest BCUT2D eigenvalue weighted by Gasteiger charge is -2.18. The number of carbonyl (C=O) groups excluding carboxylic acids is 2. The summed E-state index contributed by atoms with van der Waals surface area (Å²) in [5, 5.41) is 0. The van der Waals surface area contributed by atoms with Gasteiger partial charge in [0.05, 0.1) is 0 Å². The predicted octanol–water partition coefficient (Wildman–Crippen LogP) is 9.16. The number of ketones is 2. The number of rotatable bonds is 14. The van der Waals surface area contributed by atoms with Crippen LogP contribution in [0.15, 0.2) is 47.1 Å². The van der Waals surface area contributed by atoms with Crippen molar-refractivity contribution in [2.24, 2.45) is 17.8 Å². The standard InChI is InChI=1S/C31H46O2/c1-22(2)12-9-13-23(3)14-10-15-24(4)16-11-17-25(5)20-21-27-26(6)30(32)28-18-7-8-19-29(28)31(27)33/h7-8,18-20,22-24H,9-17,21H2,1-6H3/b25-20+/t23?,24-/m1/s1. The topological polar surface area (TPSA) is 34.1 Å². The molecule has 0 bridgehead atoms. The first kappa shape index (κ1) is 27.3. The fourth-order valence-electron chi connectivity index (χ4n) is 4.88. The van der Waals surface area contributed by atoms with Gasteiger partial charge in [-0.05, 0) is 50.9 Å². The smallest absolute Gasteiger partial charge is 0.190 e. The van der Waals surface area contributed by atoms with Crippen molar-refractivity contribution in [3.63, 3.8) is 0 Å². The molecule has 2 nitrogen and oxygen atoms in total. The molecule has 0 aromatic heterocycles. The molecule has 2 atom stereocenters. The summed E-state index contributed by atoms with van der Waals surface area (Å²) in [5.74, 6) is 2.48. The maximum Gasteiger partial charge on any atom is 0.190 e. The second-order valence-electron chi connectivity index (χ2n) is 10.9. The van der Waals surface area contributed by atoms with Crippen molar-refractivity contribution in [2.75, 3.05) is 0 Å². The molecule has 0 aliphatic heterocycles. The minimum absolute atomic E-state index is 0.00526. The van der Waals surface area contributed by atoms with Gasteiger partial charge in [0, 0.05) is 22.3 Å². The zero-order valence-electron chi connectivity index (χ0n) is 22.0. The number of hydrogen-bond acceptors (Lipinski definition) is 2. The highest BCUT2D eigenvalue weighted by molar-refractivity contribution is 6.26. The highest BCUT2D eigenvalue weighted by Crippen LogP contribution is 2.29. The first-order valence-electron chi connectivity index (χ1n) is 13.2. The fourth-order valence-corrected chi connectivity index (χ4v) is 4.88. The molecule has 1 aliphatic rings. The van der Waals surface area contributed by atoms with E-state index in [2.05, 4.69) is 40.7 Å². The molecule has 0 spiro atoms. The predicted molar refractivity (Wildman–Crippen MR) is 141 cm³/mol. The lowest BCUT2D eigenvalue weighted by atomic mass is 9.83. The number of allylic oxidation sites excluding steroid dienone is 4. The van der Waals surface area contributed by atoms with E-state index >= 15 is 0 Å². The summed E-state index contributed by atoms with van der Waals surface area (Å²) in [4.78, 5) is 25.5. The summed E-state index contributed by atoms with van der Waals surface area (Å²) in [6, 6.07) is 7.18. The van der Waals surface area contributed by atoms with Crippen LogP contribution in [0.4, 0.5) is 0 Å². The van der Waals surface area contributed by atoms with Crippen LogP contribution in [0, 0.1) is 17.8 Å². The van der Waals surface area contributed by atoms with Gasteiger partial charge >= 0.3 is 0 Å². The van der Waals surface area contributed by atoms with E-state index in [0.717, 1.165) is 24.2 Å². The lowest BCUT2D eigenvalue weighted by molar-refractivity contribution is 0.0973. The molecule has 0 radical (unpaired) electrons. The average molecular weight is 451 g/mol. The van der Waals surface area contributed by atoms with E-state index in [4.69, 9.17) is 0 Å². The second-order valence-corrected chi connectivity index (χ2v) is 10.9. The lowest BCUT2D eigenvalue weighted by Crippen LogP contribution is -2.20. The third-order valence-corrected chi connectivity index (χ3v) is 7.28. The summed E-state index contributed by atoms with van der Waals surface area (Å²) >= 11 is 0. The molecule has 0 heterocycles. The maximum absolute atomic E-state index is 12.9. The van der Waals surface area contributed by atoms with Crippen LogP contribution in [0.3, 0.4) is 0 Å². The molecular weight excluding hydrogens is 404 g/mol. The van der Waals surface area contributed by atoms with E-state index in [-0.39, 0.29) is 11.6 Å². The van der Waals surface area contributed by atoms with Crippen LogP contribution in [0.1, 0.15) is 126 Å². The minimum Gasteiger partial charge on any atom is -0.289 e. The van der Waals surface area contributed by atoms with Gasteiger partial charge < -0.3 is 0 Å². The van der Waals surface area contributed by atoms with Gasteiger partial charge in [-0.3, -0.25) is 9.59 Å². The zero-order chi connectivity index (χ0) is 24.4. The molecule has 1 aliphatic carbocycles. The van der Waals surface area contributed by atoms with Gasteiger partial charge in [-0.25, -0.2) is 0 Å². The van der Waals surface area contributed by atoms with Crippen molar-refractivity contribution < 1.29 is 9.59 Å². The molecule has 33 heavy (non-hydrogen) atoms. The van der Waals surface area contributed by atoms with E-state index in [0.29, 0.717) is 28.7 Å². The Labute approximate surface area is 202 Å². The SMILES string of the molecule is CC1=C(C/C=C(\C)CCC[C@H](C)CCCC(C)CCCC(C)C)C(=O)c2ccccc2C1=O. The van der Waals surface area contributed by atoms with Gasteiger partial charge in [0.2, 0.25) is 0 Å². The summed E-state index contributed by atoms with van der Waals surface area (Å²) in [7, 11) is 0.